The third-order valence-corrected chi connectivity index (χ3v) is 1.88. The van der Waals surface area contributed by atoms with Crippen LogP contribution in [0.4, 0.5) is 10.1 Å². The summed E-state index contributed by atoms with van der Waals surface area (Å²) >= 11 is 0. The van der Waals surface area contributed by atoms with E-state index in [2.05, 4.69) is 0 Å². The van der Waals surface area contributed by atoms with Crippen molar-refractivity contribution < 1.29 is 4.39 Å². The lowest BCUT2D eigenvalue weighted by atomic mass is 9.99. The lowest BCUT2D eigenvalue weighted by molar-refractivity contribution is 0.627. The number of benzene rings is 1. The summed E-state index contributed by atoms with van der Waals surface area (Å²) in [6, 6.07) is 4.09. The van der Waals surface area contributed by atoms with E-state index in [-0.39, 0.29) is 11.7 Å². The number of anilines is 1. The predicted octanol–water partition coefficient (Wildman–Crippen LogP) is 2.43. The standard InChI is InChI=1S/C10H13FN2/c1-6(2)10(13)8-5-7(11)3-4-9(8)12/h3-6,13H,12H2,1-2H3. The largest absolute Gasteiger partial charge is 0.398 e. The zero-order valence-corrected chi connectivity index (χ0v) is 7.76. The molecule has 1 rings (SSSR count). The van der Waals surface area contributed by atoms with Gasteiger partial charge in [-0.1, -0.05) is 13.8 Å². The molecule has 3 N–H and O–H groups in total. The highest BCUT2D eigenvalue weighted by Crippen LogP contribution is 2.17. The molecule has 3 heteroatoms. The Kier molecular flexibility index (Phi) is 2.66. The Morgan fingerprint density at radius 1 is 1.46 bits per heavy atom. The van der Waals surface area contributed by atoms with E-state index >= 15 is 0 Å². The molecule has 0 aliphatic rings. The summed E-state index contributed by atoms with van der Waals surface area (Å²) in [7, 11) is 0. The molecule has 13 heavy (non-hydrogen) atoms. The molecule has 1 aromatic rings. The van der Waals surface area contributed by atoms with E-state index in [0.717, 1.165) is 0 Å². The van der Waals surface area contributed by atoms with Crippen LogP contribution in [0.2, 0.25) is 0 Å². The zero-order chi connectivity index (χ0) is 10.0. The average Bonchev–Trinajstić information content (AvgIpc) is 2.08. The maximum absolute atomic E-state index is 12.8. The first kappa shape index (κ1) is 9.71. The summed E-state index contributed by atoms with van der Waals surface area (Å²) in [6.07, 6.45) is 0. The van der Waals surface area contributed by atoms with Gasteiger partial charge in [0.2, 0.25) is 0 Å². The van der Waals surface area contributed by atoms with Crippen molar-refractivity contribution in [3.8, 4) is 0 Å². The Morgan fingerprint density at radius 3 is 2.62 bits per heavy atom. The minimum Gasteiger partial charge on any atom is -0.398 e. The van der Waals surface area contributed by atoms with Crippen LogP contribution in [0, 0.1) is 17.1 Å². The fourth-order valence-corrected chi connectivity index (χ4v) is 1.07. The fraction of sp³-hybridized carbons (Fsp3) is 0.300. The molecule has 0 spiro atoms. The molecule has 0 unspecified atom stereocenters. The van der Waals surface area contributed by atoms with Gasteiger partial charge in [-0.15, -0.1) is 0 Å². The third kappa shape index (κ3) is 2.05. The summed E-state index contributed by atoms with van der Waals surface area (Å²) < 4.78 is 12.8. The van der Waals surface area contributed by atoms with Crippen molar-refractivity contribution in [2.75, 3.05) is 5.73 Å². The highest BCUT2D eigenvalue weighted by molar-refractivity contribution is 6.03. The molecule has 0 saturated carbocycles. The molecule has 0 bridgehead atoms. The van der Waals surface area contributed by atoms with Gasteiger partial charge >= 0.3 is 0 Å². The van der Waals surface area contributed by atoms with Crippen LogP contribution in [0.5, 0.6) is 0 Å². The number of halogens is 1. The van der Waals surface area contributed by atoms with E-state index in [1.807, 2.05) is 13.8 Å². The number of rotatable bonds is 2. The zero-order valence-electron chi connectivity index (χ0n) is 7.76. The number of nitrogens with two attached hydrogens (primary N) is 1. The predicted molar refractivity (Wildman–Crippen MR) is 52.5 cm³/mol. The minimum absolute atomic E-state index is 0.0594. The van der Waals surface area contributed by atoms with Crippen molar-refractivity contribution in [2.45, 2.75) is 13.8 Å². The van der Waals surface area contributed by atoms with E-state index < -0.39 is 0 Å². The van der Waals surface area contributed by atoms with Crippen LogP contribution in [0.15, 0.2) is 18.2 Å². The Morgan fingerprint density at radius 2 is 2.08 bits per heavy atom. The first-order valence-electron chi connectivity index (χ1n) is 4.16. The van der Waals surface area contributed by atoms with Gasteiger partial charge in [0.05, 0.1) is 0 Å². The van der Waals surface area contributed by atoms with Crippen LogP contribution in [0.25, 0.3) is 0 Å². The Bertz CT molecular complexity index is 332. The van der Waals surface area contributed by atoms with E-state index in [1.54, 1.807) is 0 Å². The summed E-state index contributed by atoms with van der Waals surface area (Å²) in [5, 5.41) is 7.68. The second kappa shape index (κ2) is 3.56. The average molecular weight is 180 g/mol. The molecule has 0 aliphatic carbocycles. The lowest BCUT2D eigenvalue weighted by Crippen LogP contribution is -2.10. The minimum atomic E-state index is -0.352. The Balaban J connectivity index is 3.13. The molecule has 1 aromatic carbocycles. The van der Waals surface area contributed by atoms with Crippen molar-refractivity contribution in [2.24, 2.45) is 5.92 Å². The molecule has 0 atom stereocenters. The number of nitrogen functional groups attached to an aromatic ring is 1. The number of hydrogen-bond donors (Lipinski definition) is 2. The molecule has 0 aliphatic heterocycles. The van der Waals surface area contributed by atoms with Gasteiger partial charge in [0.25, 0.3) is 0 Å². The normalized spacial score (nSPS) is 10.5. The van der Waals surface area contributed by atoms with Gasteiger partial charge in [-0.25, -0.2) is 4.39 Å². The topological polar surface area (TPSA) is 49.9 Å². The first-order valence-corrected chi connectivity index (χ1v) is 4.16. The van der Waals surface area contributed by atoms with E-state index in [4.69, 9.17) is 11.1 Å². The van der Waals surface area contributed by atoms with Crippen LogP contribution < -0.4 is 5.73 Å². The van der Waals surface area contributed by atoms with Crippen LogP contribution in [0.1, 0.15) is 19.4 Å². The van der Waals surface area contributed by atoms with Gasteiger partial charge < -0.3 is 11.1 Å². The van der Waals surface area contributed by atoms with Crippen molar-refractivity contribution >= 4 is 11.4 Å². The third-order valence-electron chi connectivity index (χ3n) is 1.88. The summed E-state index contributed by atoms with van der Waals surface area (Å²) in [5.41, 5.74) is 6.95. The quantitative estimate of drug-likeness (QED) is 0.533. The highest BCUT2D eigenvalue weighted by Gasteiger charge is 2.10. The van der Waals surface area contributed by atoms with Gasteiger partial charge in [-0.3, -0.25) is 0 Å². The Hall–Kier alpha value is -1.38. The maximum Gasteiger partial charge on any atom is 0.124 e. The summed E-state index contributed by atoms with van der Waals surface area (Å²) in [6.45, 7) is 3.76. The van der Waals surface area contributed by atoms with Crippen LogP contribution in [-0.2, 0) is 0 Å². The molecule has 0 saturated heterocycles. The van der Waals surface area contributed by atoms with Gasteiger partial charge in [-0.2, -0.15) is 0 Å². The molecular weight excluding hydrogens is 167 g/mol. The van der Waals surface area contributed by atoms with Crippen molar-refractivity contribution in [1.82, 2.24) is 0 Å². The van der Waals surface area contributed by atoms with E-state index in [9.17, 15) is 4.39 Å². The molecule has 0 aromatic heterocycles. The fourth-order valence-electron chi connectivity index (χ4n) is 1.07. The van der Waals surface area contributed by atoms with Gasteiger partial charge in [0.15, 0.2) is 0 Å². The van der Waals surface area contributed by atoms with Gasteiger partial charge in [0.1, 0.15) is 5.82 Å². The lowest BCUT2D eigenvalue weighted by Gasteiger charge is -2.10. The number of hydrogen-bond acceptors (Lipinski definition) is 2. The van der Waals surface area contributed by atoms with Gasteiger partial charge in [-0.05, 0) is 24.1 Å². The van der Waals surface area contributed by atoms with E-state index in [1.165, 1.54) is 18.2 Å². The SMILES string of the molecule is CC(C)C(=N)c1cc(F)ccc1N. The molecule has 70 valence electrons. The molecule has 0 amide bonds. The van der Waals surface area contributed by atoms with Crippen molar-refractivity contribution in [3.63, 3.8) is 0 Å². The van der Waals surface area contributed by atoms with Crippen molar-refractivity contribution in [1.29, 1.82) is 5.41 Å². The number of nitrogens with one attached hydrogen (secondary N) is 1. The Labute approximate surface area is 77.1 Å². The summed E-state index contributed by atoms with van der Waals surface area (Å²) in [4.78, 5) is 0. The first-order chi connectivity index (χ1) is 6.02. The molecule has 0 heterocycles. The second-order valence-electron chi connectivity index (χ2n) is 3.30. The smallest absolute Gasteiger partial charge is 0.124 e. The molecule has 0 radical (unpaired) electrons. The van der Waals surface area contributed by atoms with Crippen LogP contribution >= 0.6 is 0 Å². The van der Waals surface area contributed by atoms with Crippen LogP contribution in [0.3, 0.4) is 0 Å². The highest BCUT2D eigenvalue weighted by atomic mass is 19.1. The molecule has 2 nitrogen and oxygen atoms in total. The molecular formula is C10H13FN2. The van der Waals surface area contributed by atoms with Gasteiger partial charge in [0, 0.05) is 17.0 Å². The monoisotopic (exact) mass is 180 g/mol. The second-order valence-corrected chi connectivity index (χ2v) is 3.30. The van der Waals surface area contributed by atoms with Crippen molar-refractivity contribution in [3.05, 3.63) is 29.6 Å². The van der Waals surface area contributed by atoms with Crippen LogP contribution in [-0.4, -0.2) is 5.71 Å². The summed E-state index contributed by atoms with van der Waals surface area (Å²) in [5.74, 6) is -0.293. The molecule has 0 fully saturated rings. The maximum atomic E-state index is 12.8. The van der Waals surface area contributed by atoms with E-state index in [0.29, 0.717) is 17.0 Å².